The molecule has 104 valence electrons. The number of amides is 1. The Labute approximate surface area is 108 Å². The summed E-state index contributed by atoms with van der Waals surface area (Å²) in [4.78, 5) is 23.6. The number of methoxy groups -OCH3 is 1. The standard InChI is InChI=1S/C13H23NO4/c1-9(2)8-11(13(16)17-3)14-12(15)10-4-6-18-7-5-10/h9-11H,4-8H2,1-3H3,(H,14,15). The molecule has 0 saturated carbocycles. The molecule has 0 aliphatic carbocycles. The van der Waals surface area contributed by atoms with Crippen LogP contribution in [0.1, 0.15) is 33.1 Å². The summed E-state index contributed by atoms with van der Waals surface area (Å²) in [5, 5.41) is 2.80. The van der Waals surface area contributed by atoms with Crippen molar-refractivity contribution in [2.45, 2.75) is 39.2 Å². The number of hydrogen-bond donors (Lipinski definition) is 1. The summed E-state index contributed by atoms with van der Waals surface area (Å²) in [6, 6.07) is -0.537. The summed E-state index contributed by atoms with van der Waals surface area (Å²) in [5.74, 6) is -0.152. The van der Waals surface area contributed by atoms with Crippen molar-refractivity contribution in [2.24, 2.45) is 11.8 Å². The Bertz CT molecular complexity index is 285. The van der Waals surface area contributed by atoms with E-state index >= 15 is 0 Å². The van der Waals surface area contributed by atoms with Crippen LogP contribution in [0.15, 0.2) is 0 Å². The van der Waals surface area contributed by atoms with Gasteiger partial charge in [-0.05, 0) is 25.2 Å². The van der Waals surface area contributed by atoms with Crippen LogP contribution in [0.25, 0.3) is 0 Å². The SMILES string of the molecule is COC(=O)C(CC(C)C)NC(=O)C1CCOCC1. The lowest BCUT2D eigenvalue weighted by molar-refractivity contribution is -0.146. The number of rotatable bonds is 5. The van der Waals surface area contributed by atoms with Gasteiger partial charge in [0.15, 0.2) is 0 Å². The van der Waals surface area contributed by atoms with Gasteiger partial charge in [0.1, 0.15) is 6.04 Å². The molecular formula is C13H23NO4. The Kier molecular flexibility index (Phi) is 6.12. The van der Waals surface area contributed by atoms with E-state index in [1.807, 2.05) is 13.8 Å². The van der Waals surface area contributed by atoms with E-state index in [4.69, 9.17) is 9.47 Å². The first-order valence-corrected chi connectivity index (χ1v) is 6.50. The average molecular weight is 257 g/mol. The van der Waals surface area contributed by atoms with Gasteiger partial charge in [0.05, 0.1) is 7.11 Å². The highest BCUT2D eigenvalue weighted by molar-refractivity contribution is 5.85. The first-order chi connectivity index (χ1) is 8.54. The number of esters is 1. The molecule has 1 rings (SSSR count). The van der Waals surface area contributed by atoms with Crippen LogP contribution in [0.2, 0.25) is 0 Å². The van der Waals surface area contributed by atoms with Gasteiger partial charge in [-0.15, -0.1) is 0 Å². The van der Waals surface area contributed by atoms with Crippen LogP contribution in [-0.2, 0) is 19.1 Å². The molecule has 0 spiro atoms. The molecule has 1 amide bonds. The molecule has 0 aromatic heterocycles. The molecule has 1 heterocycles. The van der Waals surface area contributed by atoms with Crippen molar-refractivity contribution in [1.82, 2.24) is 5.32 Å². The van der Waals surface area contributed by atoms with E-state index < -0.39 is 6.04 Å². The minimum atomic E-state index is -0.537. The van der Waals surface area contributed by atoms with E-state index in [0.29, 0.717) is 25.6 Å². The average Bonchev–Trinajstić information content (AvgIpc) is 2.37. The van der Waals surface area contributed by atoms with E-state index in [9.17, 15) is 9.59 Å². The van der Waals surface area contributed by atoms with E-state index in [0.717, 1.165) is 12.8 Å². The number of carbonyl (C=O) groups is 2. The molecule has 5 heteroatoms. The lowest BCUT2D eigenvalue weighted by atomic mass is 9.97. The third-order valence-corrected chi connectivity index (χ3v) is 3.10. The van der Waals surface area contributed by atoms with Gasteiger partial charge in [-0.2, -0.15) is 0 Å². The fourth-order valence-corrected chi connectivity index (χ4v) is 2.08. The van der Waals surface area contributed by atoms with Crippen LogP contribution in [0.3, 0.4) is 0 Å². The number of carbonyl (C=O) groups excluding carboxylic acids is 2. The molecular weight excluding hydrogens is 234 g/mol. The minimum absolute atomic E-state index is 0.0435. The first kappa shape index (κ1) is 15.0. The zero-order valence-electron chi connectivity index (χ0n) is 11.4. The maximum Gasteiger partial charge on any atom is 0.328 e. The zero-order valence-corrected chi connectivity index (χ0v) is 11.4. The predicted molar refractivity (Wildman–Crippen MR) is 66.9 cm³/mol. The van der Waals surface area contributed by atoms with E-state index in [1.54, 1.807) is 0 Å². The highest BCUT2D eigenvalue weighted by Gasteiger charge is 2.27. The summed E-state index contributed by atoms with van der Waals surface area (Å²) in [5.41, 5.74) is 0. The third-order valence-electron chi connectivity index (χ3n) is 3.10. The van der Waals surface area contributed by atoms with Gasteiger partial charge in [-0.25, -0.2) is 4.79 Å². The van der Waals surface area contributed by atoms with Gasteiger partial charge >= 0.3 is 5.97 Å². The third kappa shape index (κ3) is 4.64. The van der Waals surface area contributed by atoms with Gasteiger partial charge in [0, 0.05) is 19.1 Å². The fraction of sp³-hybridized carbons (Fsp3) is 0.846. The number of nitrogens with one attached hydrogen (secondary N) is 1. The van der Waals surface area contributed by atoms with Crippen molar-refractivity contribution in [3.8, 4) is 0 Å². The zero-order chi connectivity index (χ0) is 13.5. The van der Waals surface area contributed by atoms with Crippen LogP contribution < -0.4 is 5.32 Å². The largest absolute Gasteiger partial charge is 0.467 e. The maximum absolute atomic E-state index is 12.0. The second-order valence-corrected chi connectivity index (χ2v) is 5.10. The van der Waals surface area contributed by atoms with Crippen LogP contribution in [0.4, 0.5) is 0 Å². The normalized spacial score (nSPS) is 18.4. The Balaban J connectivity index is 2.52. The molecule has 0 radical (unpaired) electrons. The van der Waals surface area contributed by atoms with Crippen molar-refractivity contribution in [3.05, 3.63) is 0 Å². The molecule has 18 heavy (non-hydrogen) atoms. The van der Waals surface area contributed by atoms with Crippen molar-refractivity contribution in [2.75, 3.05) is 20.3 Å². The van der Waals surface area contributed by atoms with Crippen molar-refractivity contribution in [3.63, 3.8) is 0 Å². The molecule has 1 aliphatic rings. The fourth-order valence-electron chi connectivity index (χ4n) is 2.08. The van der Waals surface area contributed by atoms with Crippen molar-refractivity contribution < 1.29 is 19.1 Å². The number of hydrogen-bond acceptors (Lipinski definition) is 4. The smallest absolute Gasteiger partial charge is 0.328 e. The van der Waals surface area contributed by atoms with Gasteiger partial charge in [0.2, 0.25) is 5.91 Å². The quantitative estimate of drug-likeness (QED) is 0.749. The van der Waals surface area contributed by atoms with Crippen molar-refractivity contribution in [1.29, 1.82) is 0 Å². The first-order valence-electron chi connectivity index (χ1n) is 6.50. The van der Waals surface area contributed by atoms with Gasteiger partial charge < -0.3 is 14.8 Å². The summed E-state index contributed by atoms with van der Waals surface area (Å²) in [6.07, 6.45) is 2.05. The Morgan fingerprint density at radius 2 is 1.94 bits per heavy atom. The molecule has 0 aromatic carbocycles. The highest BCUT2D eigenvalue weighted by atomic mass is 16.5. The summed E-state index contributed by atoms with van der Waals surface area (Å²) in [6.45, 7) is 5.25. The van der Waals surface area contributed by atoms with Crippen LogP contribution in [0.5, 0.6) is 0 Å². The second kappa shape index (κ2) is 7.36. The lowest BCUT2D eigenvalue weighted by Crippen LogP contribution is -2.45. The van der Waals surface area contributed by atoms with Gasteiger partial charge in [-0.3, -0.25) is 4.79 Å². The molecule has 1 N–H and O–H groups in total. The highest BCUT2D eigenvalue weighted by Crippen LogP contribution is 2.16. The second-order valence-electron chi connectivity index (χ2n) is 5.10. The Morgan fingerprint density at radius 3 is 2.44 bits per heavy atom. The Morgan fingerprint density at radius 1 is 1.33 bits per heavy atom. The monoisotopic (exact) mass is 257 g/mol. The topological polar surface area (TPSA) is 64.6 Å². The molecule has 1 atom stereocenters. The molecule has 1 aliphatic heterocycles. The van der Waals surface area contributed by atoms with Crippen LogP contribution in [-0.4, -0.2) is 38.2 Å². The molecule has 0 aromatic rings. The molecule has 1 fully saturated rings. The number of ether oxygens (including phenoxy) is 2. The lowest BCUT2D eigenvalue weighted by Gasteiger charge is -2.24. The minimum Gasteiger partial charge on any atom is -0.467 e. The van der Waals surface area contributed by atoms with Crippen LogP contribution in [0, 0.1) is 11.8 Å². The molecule has 5 nitrogen and oxygen atoms in total. The van der Waals surface area contributed by atoms with Crippen LogP contribution >= 0.6 is 0 Å². The summed E-state index contributed by atoms with van der Waals surface area (Å²) < 4.78 is 9.94. The Hall–Kier alpha value is -1.10. The van der Waals surface area contributed by atoms with E-state index in [2.05, 4.69) is 5.32 Å². The predicted octanol–water partition coefficient (Wildman–Crippen LogP) is 1.12. The van der Waals surface area contributed by atoms with Gasteiger partial charge in [0.25, 0.3) is 0 Å². The summed E-state index contributed by atoms with van der Waals surface area (Å²) in [7, 11) is 1.34. The van der Waals surface area contributed by atoms with Gasteiger partial charge in [-0.1, -0.05) is 13.8 Å². The molecule has 1 unspecified atom stereocenters. The van der Waals surface area contributed by atoms with E-state index in [1.165, 1.54) is 7.11 Å². The summed E-state index contributed by atoms with van der Waals surface area (Å²) >= 11 is 0. The molecule has 0 bridgehead atoms. The van der Waals surface area contributed by atoms with Crippen molar-refractivity contribution >= 4 is 11.9 Å². The maximum atomic E-state index is 12.0. The van der Waals surface area contributed by atoms with E-state index in [-0.39, 0.29) is 17.8 Å². The molecule has 1 saturated heterocycles.